The highest BCUT2D eigenvalue weighted by molar-refractivity contribution is 7.88. The van der Waals surface area contributed by atoms with Gasteiger partial charge in [0.1, 0.15) is 0 Å². The fourth-order valence-corrected chi connectivity index (χ4v) is 2.69. The molecule has 3 nitrogen and oxygen atoms in total. The Kier molecular flexibility index (Phi) is 3.88. The van der Waals surface area contributed by atoms with Crippen LogP contribution in [-0.4, -0.2) is 13.9 Å². The van der Waals surface area contributed by atoms with Gasteiger partial charge < -0.3 is 4.18 Å². The highest BCUT2D eigenvalue weighted by atomic mass is 32.2. The minimum atomic E-state index is -5.69. The van der Waals surface area contributed by atoms with Gasteiger partial charge in [0.25, 0.3) is 0 Å². The molecule has 0 bridgehead atoms. The second-order valence-corrected chi connectivity index (χ2v) is 6.10. The van der Waals surface area contributed by atoms with Crippen LogP contribution in [0, 0.1) is 6.92 Å². The summed E-state index contributed by atoms with van der Waals surface area (Å²) in [7, 11) is -5.69. The van der Waals surface area contributed by atoms with E-state index in [0.717, 1.165) is 0 Å². The van der Waals surface area contributed by atoms with Crippen molar-refractivity contribution >= 4 is 20.9 Å². The zero-order chi connectivity index (χ0) is 15.8. The highest BCUT2D eigenvalue weighted by Gasteiger charge is 2.49. The summed E-state index contributed by atoms with van der Waals surface area (Å²) in [5, 5.41) is 0.965. The standard InChI is InChI=1S/C14H13F3O3S/c1-3-11-9(2)8-10-6-4-5-7-12(10)13(11)20-21(18,19)14(15,16)17/h4-8H,3H2,1-2H3. The normalized spacial score (nSPS) is 12.6. The smallest absolute Gasteiger partial charge is 0.375 e. The van der Waals surface area contributed by atoms with Crippen molar-refractivity contribution in [3.05, 3.63) is 41.5 Å². The largest absolute Gasteiger partial charge is 0.534 e. The van der Waals surface area contributed by atoms with Crippen LogP contribution in [0.15, 0.2) is 30.3 Å². The Morgan fingerprint density at radius 3 is 2.38 bits per heavy atom. The van der Waals surface area contributed by atoms with E-state index in [0.29, 0.717) is 28.3 Å². The summed E-state index contributed by atoms with van der Waals surface area (Å²) in [6.07, 6.45) is 0.360. The van der Waals surface area contributed by atoms with Crippen LogP contribution in [0.2, 0.25) is 0 Å². The zero-order valence-corrected chi connectivity index (χ0v) is 12.2. The van der Waals surface area contributed by atoms with E-state index < -0.39 is 15.6 Å². The van der Waals surface area contributed by atoms with Gasteiger partial charge in [0.15, 0.2) is 5.75 Å². The van der Waals surface area contributed by atoms with Crippen molar-refractivity contribution < 1.29 is 25.8 Å². The van der Waals surface area contributed by atoms with Gasteiger partial charge in [0.05, 0.1) is 0 Å². The maximum atomic E-state index is 12.5. The van der Waals surface area contributed by atoms with Gasteiger partial charge in [0.2, 0.25) is 0 Å². The third-order valence-corrected chi connectivity index (χ3v) is 4.11. The van der Waals surface area contributed by atoms with Gasteiger partial charge in [-0.1, -0.05) is 37.3 Å². The maximum absolute atomic E-state index is 12.5. The first-order chi connectivity index (χ1) is 9.67. The fourth-order valence-electron chi connectivity index (χ4n) is 2.18. The summed E-state index contributed by atoms with van der Waals surface area (Å²) in [4.78, 5) is 0. The second kappa shape index (κ2) is 5.22. The predicted octanol–water partition coefficient (Wildman–Crippen LogP) is 3.94. The van der Waals surface area contributed by atoms with E-state index in [-0.39, 0.29) is 5.75 Å². The summed E-state index contributed by atoms with van der Waals surface area (Å²) in [5.74, 6) is -0.245. The lowest BCUT2D eigenvalue weighted by atomic mass is 9.99. The number of benzene rings is 2. The first-order valence-corrected chi connectivity index (χ1v) is 7.60. The van der Waals surface area contributed by atoms with Gasteiger partial charge in [-0.25, -0.2) is 0 Å². The molecule has 0 radical (unpaired) electrons. The number of fused-ring (bicyclic) bond motifs is 1. The molecular weight excluding hydrogens is 305 g/mol. The van der Waals surface area contributed by atoms with Crippen LogP contribution >= 0.6 is 0 Å². The van der Waals surface area contributed by atoms with E-state index in [4.69, 9.17) is 0 Å². The number of aryl methyl sites for hydroxylation is 1. The van der Waals surface area contributed by atoms with Crippen LogP contribution in [0.25, 0.3) is 10.8 Å². The lowest BCUT2D eigenvalue weighted by molar-refractivity contribution is -0.0499. The van der Waals surface area contributed by atoms with Crippen molar-refractivity contribution in [1.29, 1.82) is 0 Å². The topological polar surface area (TPSA) is 43.4 Å². The predicted molar refractivity (Wildman–Crippen MR) is 73.7 cm³/mol. The average Bonchev–Trinajstić information content (AvgIpc) is 2.37. The molecule has 21 heavy (non-hydrogen) atoms. The quantitative estimate of drug-likeness (QED) is 0.636. The minimum Gasteiger partial charge on any atom is -0.375 e. The molecule has 2 aromatic rings. The average molecular weight is 318 g/mol. The van der Waals surface area contributed by atoms with Gasteiger partial charge >= 0.3 is 15.6 Å². The number of hydrogen-bond acceptors (Lipinski definition) is 3. The molecule has 0 fully saturated rings. The van der Waals surface area contributed by atoms with Crippen LogP contribution in [0.5, 0.6) is 5.75 Å². The van der Waals surface area contributed by atoms with Crippen molar-refractivity contribution in [2.45, 2.75) is 25.8 Å². The van der Waals surface area contributed by atoms with Gasteiger partial charge in [-0.2, -0.15) is 21.6 Å². The molecule has 0 aliphatic rings. The van der Waals surface area contributed by atoms with Crippen LogP contribution in [0.4, 0.5) is 13.2 Å². The lowest BCUT2D eigenvalue weighted by Gasteiger charge is -2.16. The van der Waals surface area contributed by atoms with Crippen LogP contribution in [0.3, 0.4) is 0 Å². The molecule has 0 amide bonds. The molecule has 0 spiro atoms. The molecule has 114 valence electrons. The molecule has 0 unspecified atom stereocenters. The van der Waals surface area contributed by atoms with Crippen molar-refractivity contribution in [2.75, 3.05) is 0 Å². The van der Waals surface area contributed by atoms with Crippen LogP contribution in [-0.2, 0) is 16.5 Å². The number of hydrogen-bond donors (Lipinski definition) is 0. The van der Waals surface area contributed by atoms with E-state index in [9.17, 15) is 21.6 Å². The summed E-state index contributed by atoms with van der Waals surface area (Å²) in [5.41, 5.74) is -4.33. The number of alkyl halides is 3. The van der Waals surface area contributed by atoms with E-state index in [1.165, 1.54) is 6.07 Å². The van der Waals surface area contributed by atoms with E-state index in [1.807, 2.05) is 0 Å². The van der Waals surface area contributed by atoms with Gasteiger partial charge in [-0.3, -0.25) is 0 Å². The van der Waals surface area contributed by atoms with Gasteiger partial charge in [-0.15, -0.1) is 0 Å². The molecular formula is C14H13F3O3S. The van der Waals surface area contributed by atoms with Crippen molar-refractivity contribution in [1.82, 2.24) is 0 Å². The molecule has 0 aliphatic carbocycles. The van der Waals surface area contributed by atoms with Crippen LogP contribution in [0.1, 0.15) is 18.1 Å². The number of halogens is 3. The van der Waals surface area contributed by atoms with E-state index in [1.54, 1.807) is 38.1 Å². The Labute approximate surface area is 120 Å². The molecule has 0 aromatic heterocycles. The minimum absolute atomic E-state index is 0.245. The zero-order valence-electron chi connectivity index (χ0n) is 11.4. The third kappa shape index (κ3) is 2.83. The SMILES string of the molecule is CCc1c(C)cc2ccccc2c1OS(=O)(=O)C(F)(F)F. The van der Waals surface area contributed by atoms with Crippen LogP contribution < -0.4 is 4.18 Å². The molecule has 2 rings (SSSR count). The Balaban J connectivity index is 2.73. The summed E-state index contributed by atoms with van der Waals surface area (Å²) >= 11 is 0. The molecule has 7 heteroatoms. The second-order valence-electron chi connectivity index (χ2n) is 4.56. The van der Waals surface area contributed by atoms with Gasteiger partial charge in [0, 0.05) is 5.39 Å². The summed E-state index contributed by atoms with van der Waals surface area (Å²) < 4.78 is 64.7. The highest BCUT2D eigenvalue weighted by Crippen LogP contribution is 2.36. The Morgan fingerprint density at radius 2 is 1.81 bits per heavy atom. The molecule has 0 saturated carbocycles. The van der Waals surface area contributed by atoms with Crippen molar-refractivity contribution in [3.8, 4) is 5.75 Å². The van der Waals surface area contributed by atoms with Crippen molar-refractivity contribution in [3.63, 3.8) is 0 Å². The lowest BCUT2D eigenvalue weighted by Crippen LogP contribution is -2.28. The van der Waals surface area contributed by atoms with E-state index >= 15 is 0 Å². The summed E-state index contributed by atoms with van der Waals surface area (Å²) in [6.45, 7) is 3.43. The monoisotopic (exact) mass is 318 g/mol. The Hall–Kier alpha value is -1.76. The fraction of sp³-hybridized carbons (Fsp3) is 0.286. The van der Waals surface area contributed by atoms with Crippen molar-refractivity contribution in [2.24, 2.45) is 0 Å². The van der Waals surface area contributed by atoms with E-state index in [2.05, 4.69) is 4.18 Å². The third-order valence-electron chi connectivity index (χ3n) is 3.16. The molecule has 0 saturated heterocycles. The first kappa shape index (κ1) is 15.6. The molecule has 0 N–H and O–H groups in total. The molecule has 0 aliphatic heterocycles. The number of rotatable bonds is 3. The first-order valence-electron chi connectivity index (χ1n) is 6.19. The molecule has 2 aromatic carbocycles. The Morgan fingerprint density at radius 1 is 1.19 bits per heavy atom. The molecule has 0 atom stereocenters. The van der Waals surface area contributed by atoms with Gasteiger partial charge in [-0.05, 0) is 29.9 Å². The maximum Gasteiger partial charge on any atom is 0.534 e. The molecule has 0 heterocycles. The Bertz CT molecular complexity index is 780. The summed E-state index contributed by atoms with van der Waals surface area (Å²) in [6, 6.07) is 8.35.